The zero-order chi connectivity index (χ0) is 10.9. The molecule has 84 valence electrons. The molecule has 2 rings (SSSR count). The summed E-state index contributed by atoms with van der Waals surface area (Å²) in [4.78, 5) is 4.62. The summed E-state index contributed by atoms with van der Waals surface area (Å²) in [5.41, 5.74) is 6.26. The van der Waals surface area contributed by atoms with Crippen LogP contribution >= 0.6 is 0 Å². The van der Waals surface area contributed by atoms with Crippen molar-refractivity contribution in [3.63, 3.8) is 0 Å². The average Bonchev–Trinajstić information content (AvgIpc) is 2.72. The van der Waals surface area contributed by atoms with Crippen molar-refractivity contribution < 1.29 is 4.74 Å². The number of ether oxygens (including phenoxy) is 1. The lowest BCUT2D eigenvalue weighted by Gasteiger charge is -2.23. The van der Waals surface area contributed by atoms with E-state index in [0.717, 1.165) is 18.7 Å². The minimum Gasteiger partial charge on any atom is -0.371 e. The van der Waals surface area contributed by atoms with Gasteiger partial charge in [0, 0.05) is 32.8 Å². The Morgan fingerprint density at radius 3 is 3.00 bits per heavy atom. The van der Waals surface area contributed by atoms with E-state index in [1.165, 1.54) is 18.7 Å². The smallest absolute Gasteiger partial charge is 0.120 e. The van der Waals surface area contributed by atoms with Gasteiger partial charge in [-0.1, -0.05) is 0 Å². The summed E-state index contributed by atoms with van der Waals surface area (Å²) >= 11 is 0. The van der Waals surface area contributed by atoms with Crippen LogP contribution in [0.3, 0.4) is 0 Å². The van der Waals surface area contributed by atoms with Gasteiger partial charge >= 0.3 is 0 Å². The van der Waals surface area contributed by atoms with E-state index in [9.17, 15) is 0 Å². The van der Waals surface area contributed by atoms with E-state index in [2.05, 4.69) is 15.7 Å². The van der Waals surface area contributed by atoms with Crippen molar-refractivity contribution in [1.82, 2.24) is 9.55 Å². The number of aryl methyl sites for hydroxylation is 2. The molecule has 0 aromatic carbocycles. The molecular weight excluding hydrogens is 190 g/mol. The van der Waals surface area contributed by atoms with Gasteiger partial charge in [-0.15, -0.1) is 0 Å². The molecule has 1 aliphatic heterocycles. The van der Waals surface area contributed by atoms with E-state index in [1.807, 2.05) is 6.92 Å². The third-order valence-electron chi connectivity index (χ3n) is 3.29. The predicted molar refractivity (Wildman–Crippen MR) is 58.6 cm³/mol. The van der Waals surface area contributed by atoms with Crippen LogP contribution in [-0.4, -0.2) is 23.2 Å². The molecule has 0 radical (unpaired) electrons. The quantitative estimate of drug-likeness (QED) is 0.809. The number of nitrogens with zero attached hydrogens (tertiary/aromatic N) is 2. The number of fused-ring (bicyclic) bond motifs is 1. The van der Waals surface area contributed by atoms with Crippen LogP contribution < -0.4 is 5.73 Å². The molecule has 1 unspecified atom stereocenters. The molecule has 0 saturated heterocycles. The molecule has 0 bridgehead atoms. The molecule has 4 heteroatoms. The van der Waals surface area contributed by atoms with E-state index in [0.29, 0.717) is 6.54 Å². The fraction of sp³-hybridized carbons (Fsp3) is 0.727. The van der Waals surface area contributed by atoms with Crippen LogP contribution in [0.5, 0.6) is 0 Å². The van der Waals surface area contributed by atoms with Gasteiger partial charge in [0.25, 0.3) is 0 Å². The van der Waals surface area contributed by atoms with Gasteiger partial charge in [-0.3, -0.25) is 0 Å². The Balaban J connectivity index is 2.32. The fourth-order valence-corrected chi connectivity index (χ4v) is 1.96. The van der Waals surface area contributed by atoms with Gasteiger partial charge in [0.15, 0.2) is 0 Å². The van der Waals surface area contributed by atoms with Crippen LogP contribution in [0.2, 0.25) is 0 Å². The molecule has 0 fully saturated rings. The van der Waals surface area contributed by atoms with Crippen LogP contribution in [0, 0.1) is 0 Å². The van der Waals surface area contributed by atoms with Crippen molar-refractivity contribution in [2.75, 3.05) is 13.7 Å². The SMILES string of the molecule is COC(C)(CN)c1cn2c(n1)CCCC2. The standard InChI is InChI=1S/C11H19N3O/c1-11(8-12,15-2)9-7-14-6-4-3-5-10(14)13-9/h7H,3-6,8,12H2,1-2H3. The lowest BCUT2D eigenvalue weighted by atomic mass is 10.0. The molecule has 15 heavy (non-hydrogen) atoms. The van der Waals surface area contributed by atoms with Crippen LogP contribution in [0.4, 0.5) is 0 Å². The second kappa shape index (κ2) is 3.94. The minimum absolute atomic E-state index is 0.440. The third-order valence-corrected chi connectivity index (χ3v) is 3.29. The Bertz CT molecular complexity index is 318. The molecule has 1 aromatic heterocycles. The highest BCUT2D eigenvalue weighted by molar-refractivity contribution is 5.14. The predicted octanol–water partition coefficient (Wildman–Crippen LogP) is 1.04. The summed E-state index contributed by atoms with van der Waals surface area (Å²) in [5.74, 6) is 1.17. The maximum absolute atomic E-state index is 5.73. The van der Waals surface area contributed by atoms with Gasteiger partial charge in [0.05, 0.1) is 5.69 Å². The summed E-state index contributed by atoms with van der Waals surface area (Å²) in [6, 6.07) is 0. The highest BCUT2D eigenvalue weighted by Crippen LogP contribution is 2.24. The molecule has 1 aliphatic rings. The molecular formula is C11H19N3O. The Morgan fingerprint density at radius 2 is 2.40 bits per heavy atom. The largest absolute Gasteiger partial charge is 0.371 e. The number of imidazole rings is 1. The van der Waals surface area contributed by atoms with E-state index in [4.69, 9.17) is 10.5 Å². The number of aromatic nitrogens is 2. The summed E-state index contributed by atoms with van der Waals surface area (Å²) < 4.78 is 7.68. The molecule has 0 spiro atoms. The van der Waals surface area contributed by atoms with Crippen molar-refractivity contribution in [3.05, 3.63) is 17.7 Å². The van der Waals surface area contributed by atoms with Crippen LogP contribution in [0.25, 0.3) is 0 Å². The second-order valence-electron chi connectivity index (χ2n) is 4.33. The number of rotatable bonds is 3. The molecule has 1 aromatic rings. The summed E-state index contributed by atoms with van der Waals surface area (Å²) in [5, 5.41) is 0. The molecule has 2 N–H and O–H groups in total. The molecule has 0 saturated carbocycles. The van der Waals surface area contributed by atoms with Gasteiger partial charge < -0.3 is 15.0 Å². The lowest BCUT2D eigenvalue weighted by Crippen LogP contribution is -2.34. The van der Waals surface area contributed by atoms with Gasteiger partial charge in [0.2, 0.25) is 0 Å². The first-order chi connectivity index (χ1) is 7.19. The third kappa shape index (κ3) is 1.79. The Morgan fingerprint density at radius 1 is 1.60 bits per heavy atom. The van der Waals surface area contributed by atoms with Crippen molar-refractivity contribution in [1.29, 1.82) is 0 Å². The number of methoxy groups -OCH3 is 1. The second-order valence-corrected chi connectivity index (χ2v) is 4.33. The fourth-order valence-electron chi connectivity index (χ4n) is 1.96. The first kappa shape index (κ1) is 10.6. The topological polar surface area (TPSA) is 53.1 Å². The minimum atomic E-state index is -0.440. The van der Waals surface area contributed by atoms with Gasteiger partial charge in [-0.05, 0) is 19.8 Å². The number of hydrogen-bond donors (Lipinski definition) is 1. The Labute approximate surface area is 90.4 Å². The summed E-state index contributed by atoms with van der Waals surface area (Å²) in [6.45, 7) is 3.52. The molecule has 0 amide bonds. The molecule has 1 atom stereocenters. The van der Waals surface area contributed by atoms with Gasteiger partial charge in [0.1, 0.15) is 11.4 Å². The maximum Gasteiger partial charge on any atom is 0.120 e. The first-order valence-electron chi connectivity index (χ1n) is 5.51. The van der Waals surface area contributed by atoms with Gasteiger partial charge in [-0.2, -0.15) is 0 Å². The van der Waals surface area contributed by atoms with Crippen LogP contribution in [-0.2, 0) is 23.3 Å². The highest BCUT2D eigenvalue weighted by Gasteiger charge is 2.28. The first-order valence-corrected chi connectivity index (χ1v) is 5.51. The number of nitrogens with two attached hydrogens (primary N) is 1. The van der Waals surface area contributed by atoms with Gasteiger partial charge in [-0.25, -0.2) is 4.98 Å². The summed E-state index contributed by atoms with van der Waals surface area (Å²) in [7, 11) is 1.69. The van der Waals surface area contributed by atoms with Crippen LogP contribution in [0.1, 0.15) is 31.3 Å². The zero-order valence-corrected chi connectivity index (χ0v) is 9.49. The Hall–Kier alpha value is -0.870. The number of hydrogen-bond acceptors (Lipinski definition) is 3. The molecule has 0 aliphatic carbocycles. The highest BCUT2D eigenvalue weighted by atomic mass is 16.5. The van der Waals surface area contributed by atoms with Crippen molar-refractivity contribution >= 4 is 0 Å². The molecule has 2 heterocycles. The zero-order valence-electron chi connectivity index (χ0n) is 9.49. The van der Waals surface area contributed by atoms with E-state index < -0.39 is 5.60 Å². The normalized spacial score (nSPS) is 19.7. The monoisotopic (exact) mass is 209 g/mol. The van der Waals surface area contributed by atoms with Crippen molar-refractivity contribution in [3.8, 4) is 0 Å². The van der Waals surface area contributed by atoms with Crippen molar-refractivity contribution in [2.45, 2.75) is 38.3 Å². The Kier molecular flexibility index (Phi) is 2.80. The summed E-state index contributed by atoms with van der Waals surface area (Å²) in [6.07, 6.45) is 5.65. The van der Waals surface area contributed by atoms with E-state index in [1.54, 1.807) is 7.11 Å². The van der Waals surface area contributed by atoms with Crippen molar-refractivity contribution in [2.24, 2.45) is 5.73 Å². The molecule has 4 nitrogen and oxygen atoms in total. The maximum atomic E-state index is 5.73. The average molecular weight is 209 g/mol. The lowest BCUT2D eigenvalue weighted by molar-refractivity contribution is 0.00660. The van der Waals surface area contributed by atoms with E-state index in [-0.39, 0.29) is 0 Å². The van der Waals surface area contributed by atoms with Crippen LogP contribution in [0.15, 0.2) is 6.20 Å². The van der Waals surface area contributed by atoms with E-state index >= 15 is 0 Å².